The summed E-state index contributed by atoms with van der Waals surface area (Å²) in [5, 5.41) is 11.6. The molecule has 0 saturated carbocycles. The molecule has 2 rings (SSSR count). The van der Waals surface area contributed by atoms with Gasteiger partial charge in [-0.3, -0.25) is 0 Å². The molecule has 1 aromatic heterocycles. The van der Waals surface area contributed by atoms with Crippen molar-refractivity contribution in [3.63, 3.8) is 0 Å². The van der Waals surface area contributed by atoms with Crippen molar-refractivity contribution in [2.45, 2.75) is 51.5 Å². The maximum absolute atomic E-state index is 5.81. The molecule has 4 heteroatoms. The van der Waals surface area contributed by atoms with Gasteiger partial charge in [-0.15, -0.1) is 10.2 Å². The van der Waals surface area contributed by atoms with E-state index < -0.39 is 0 Å². The minimum absolute atomic E-state index is 0.0347. The van der Waals surface area contributed by atoms with Gasteiger partial charge in [0.15, 0.2) is 0 Å². The van der Waals surface area contributed by atoms with Gasteiger partial charge < -0.3 is 9.73 Å². The van der Waals surface area contributed by atoms with Crippen LogP contribution in [0.15, 0.2) is 34.7 Å². The molecule has 114 valence electrons. The van der Waals surface area contributed by atoms with Gasteiger partial charge in [0.2, 0.25) is 11.8 Å². The van der Waals surface area contributed by atoms with Gasteiger partial charge in [-0.1, -0.05) is 62.9 Å². The molecule has 0 saturated heterocycles. The third-order valence-electron chi connectivity index (χ3n) is 3.65. The van der Waals surface area contributed by atoms with Gasteiger partial charge in [-0.05, 0) is 19.0 Å². The van der Waals surface area contributed by atoms with Crippen molar-refractivity contribution < 1.29 is 4.42 Å². The van der Waals surface area contributed by atoms with E-state index in [2.05, 4.69) is 34.6 Å². The summed E-state index contributed by atoms with van der Waals surface area (Å²) in [6.45, 7) is 2.23. The average Bonchev–Trinajstić information content (AvgIpc) is 2.98. The van der Waals surface area contributed by atoms with Crippen molar-refractivity contribution in [1.82, 2.24) is 15.5 Å². The van der Waals surface area contributed by atoms with E-state index in [1.165, 1.54) is 25.7 Å². The number of hydrogen-bond acceptors (Lipinski definition) is 4. The first-order valence-corrected chi connectivity index (χ1v) is 7.89. The predicted octanol–water partition coefficient (Wildman–Crippen LogP) is 3.89. The van der Waals surface area contributed by atoms with E-state index in [9.17, 15) is 0 Å². The number of rotatable bonds is 9. The Kier molecular flexibility index (Phi) is 6.41. The zero-order valence-corrected chi connectivity index (χ0v) is 13.0. The van der Waals surface area contributed by atoms with Crippen LogP contribution in [0.25, 0.3) is 0 Å². The highest BCUT2D eigenvalue weighted by atomic mass is 16.4. The van der Waals surface area contributed by atoms with Crippen LogP contribution >= 0.6 is 0 Å². The lowest BCUT2D eigenvalue weighted by Crippen LogP contribution is -2.17. The van der Waals surface area contributed by atoms with Gasteiger partial charge in [0.25, 0.3) is 0 Å². The molecule has 0 amide bonds. The molecular formula is C17H25N3O. The fourth-order valence-corrected chi connectivity index (χ4v) is 2.44. The van der Waals surface area contributed by atoms with Gasteiger partial charge >= 0.3 is 0 Å². The van der Waals surface area contributed by atoms with Crippen LogP contribution in [0.4, 0.5) is 0 Å². The Bertz CT molecular complexity index is 510. The van der Waals surface area contributed by atoms with Gasteiger partial charge in [0, 0.05) is 6.42 Å². The summed E-state index contributed by atoms with van der Waals surface area (Å²) in [7, 11) is 1.91. The van der Waals surface area contributed by atoms with Crippen molar-refractivity contribution in [2.24, 2.45) is 0 Å². The highest BCUT2D eigenvalue weighted by Crippen LogP contribution is 2.20. The Morgan fingerprint density at radius 2 is 1.81 bits per heavy atom. The molecule has 1 aromatic carbocycles. The van der Waals surface area contributed by atoms with Crippen molar-refractivity contribution in [2.75, 3.05) is 7.05 Å². The SMILES string of the molecule is CCCCCCCc1nnc(C(NC)c2ccccc2)o1. The number of nitrogens with zero attached hydrogens (tertiary/aromatic N) is 2. The highest BCUT2D eigenvalue weighted by Gasteiger charge is 2.18. The fraction of sp³-hybridized carbons (Fsp3) is 0.529. The van der Waals surface area contributed by atoms with E-state index in [1.54, 1.807) is 0 Å². The standard InChI is InChI=1S/C17H25N3O/c1-3-4-5-6-10-13-15-19-20-17(21-15)16(18-2)14-11-8-7-9-12-14/h7-9,11-12,16,18H,3-6,10,13H2,1-2H3. The molecule has 1 heterocycles. The van der Waals surface area contributed by atoms with E-state index >= 15 is 0 Å². The predicted molar refractivity (Wildman–Crippen MR) is 84.1 cm³/mol. The molecule has 1 N–H and O–H groups in total. The van der Waals surface area contributed by atoms with Crippen molar-refractivity contribution in [1.29, 1.82) is 0 Å². The van der Waals surface area contributed by atoms with E-state index in [0.29, 0.717) is 5.89 Å². The first-order valence-electron chi connectivity index (χ1n) is 7.89. The van der Waals surface area contributed by atoms with E-state index in [4.69, 9.17) is 4.42 Å². The summed E-state index contributed by atoms with van der Waals surface area (Å²) in [6, 6.07) is 10.1. The lowest BCUT2D eigenvalue weighted by molar-refractivity contribution is 0.410. The van der Waals surface area contributed by atoms with Crippen LogP contribution in [0.3, 0.4) is 0 Å². The highest BCUT2D eigenvalue weighted by molar-refractivity contribution is 5.23. The molecule has 0 aliphatic heterocycles. The van der Waals surface area contributed by atoms with E-state index in [1.807, 2.05) is 25.2 Å². The van der Waals surface area contributed by atoms with Crippen LogP contribution in [0, 0.1) is 0 Å². The first kappa shape index (κ1) is 15.7. The van der Waals surface area contributed by atoms with Crippen LogP contribution in [0.5, 0.6) is 0 Å². The Morgan fingerprint density at radius 3 is 2.52 bits per heavy atom. The van der Waals surface area contributed by atoms with Gasteiger partial charge in [0.05, 0.1) is 0 Å². The maximum Gasteiger partial charge on any atom is 0.237 e. The van der Waals surface area contributed by atoms with Crippen LogP contribution < -0.4 is 5.32 Å². The van der Waals surface area contributed by atoms with Crippen molar-refractivity contribution in [3.8, 4) is 0 Å². The molecule has 0 spiro atoms. The summed E-state index contributed by atoms with van der Waals surface area (Å²) in [4.78, 5) is 0. The Labute approximate surface area is 127 Å². The van der Waals surface area contributed by atoms with Gasteiger partial charge in [-0.2, -0.15) is 0 Å². The van der Waals surface area contributed by atoms with Crippen LogP contribution in [-0.2, 0) is 6.42 Å². The zero-order chi connectivity index (χ0) is 14.9. The van der Waals surface area contributed by atoms with Gasteiger partial charge in [0.1, 0.15) is 6.04 Å². The summed E-state index contributed by atoms with van der Waals surface area (Å²) in [5.74, 6) is 1.39. The molecular weight excluding hydrogens is 262 g/mol. The van der Waals surface area contributed by atoms with Crippen LogP contribution in [0.2, 0.25) is 0 Å². The summed E-state index contributed by atoms with van der Waals surface area (Å²) in [6.07, 6.45) is 7.11. The lowest BCUT2D eigenvalue weighted by Gasteiger charge is -2.11. The third kappa shape index (κ3) is 4.67. The molecule has 2 aromatic rings. The van der Waals surface area contributed by atoms with E-state index in [-0.39, 0.29) is 6.04 Å². The quantitative estimate of drug-likeness (QED) is 0.711. The molecule has 0 fully saturated rings. The number of aryl methyl sites for hydroxylation is 1. The number of hydrogen-bond donors (Lipinski definition) is 1. The lowest BCUT2D eigenvalue weighted by atomic mass is 10.1. The second-order valence-electron chi connectivity index (χ2n) is 5.33. The normalized spacial score (nSPS) is 12.5. The molecule has 1 unspecified atom stereocenters. The Morgan fingerprint density at radius 1 is 1.05 bits per heavy atom. The zero-order valence-electron chi connectivity index (χ0n) is 13.0. The molecule has 0 aliphatic carbocycles. The van der Waals surface area contributed by atoms with Crippen molar-refractivity contribution >= 4 is 0 Å². The molecule has 1 atom stereocenters. The van der Waals surface area contributed by atoms with Crippen LogP contribution in [0.1, 0.15) is 62.4 Å². The second kappa shape index (κ2) is 8.57. The topological polar surface area (TPSA) is 51.0 Å². The summed E-state index contributed by atoms with van der Waals surface area (Å²) < 4.78 is 5.81. The minimum atomic E-state index is -0.0347. The Balaban J connectivity index is 1.92. The van der Waals surface area contributed by atoms with Crippen molar-refractivity contribution in [3.05, 3.63) is 47.7 Å². The largest absolute Gasteiger partial charge is 0.423 e. The Hall–Kier alpha value is -1.68. The number of benzene rings is 1. The molecule has 21 heavy (non-hydrogen) atoms. The number of nitrogens with one attached hydrogen (secondary N) is 1. The third-order valence-corrected chi connectivity index (χ3v) is 3.65. The molecule has 0 bridgehead atoms. The first-order chi connectivity index (χ1) is 10.3. The number of unbranched alkanes of at least 4 members (excludes halogenated alkanes) is 4. The van der Waals surface area contributed by atoms with E-state index in [0.717, 1.165) is 24.3 Å². The fourth-order valence-electron chi connectivity index (χ4n) is 2.44. The molecule has 0 radical (unpaired) electrons. The second-order valence-corrected chi connectivity index (χ2v) is 5.33. The summed E-state index contributed by atoms with van der Waals surface area (Å²) in [5.41, 5.74) is 1.14. The number of aromatic nitrogens is 2. The maximum atomic E-state index is 5.81. The average molecular weight is 287 g/mol. The molecule has 0 aliphatic rings. The minimum Gasteiger partial charge on any atom is -0.423 e. The van der Waals surface area contributed by atoms with Crippen LogP contribution in [-0.4, -0.2) is 17.2 Å². The monoisotopic (exact) mass is 287 g/mol. The smallest absolute Gasteiger partial charge is 0.237 e. The molecule has 4 nitrogen and oxygen atoms in total. The van der Waals surface area contributed by atoms with Gasteiger partial charge in [-0.25, -0.2) is 0 Å². The summed E-state index contributed by atoms with van der Waals surface area (Å²) >= 11 is 0.